The minimum atomic E-state index is -7.12. The van der Waals surface area contributed by atoms with Gasteiger partial charge in [0.2, 0.25) is 0 Å². The first-order valence-corrected chi connectivity index (χ1v) is 7.63. The van der Waals surface area contributed by atoms with Gasteiger partial charge in [0.25, 0.3) is 0 Å². The second-order valence-corrected chi connectivity index (χ2v) is 6.81. The first-order chi connectivity index (χ1) is 12.7. The van der Waals surface area contributed by atoms with Gasteiger partial charge in [0.1, 0.15) is 17.5 Å². The van der Waals surface area contributed by atoms with Gasteiger partial charge in [-0.2, -0.15) is 39.5 Å². The molecule has 0 aromatic heterocycles. The van der Waals surface area contributed by atoms with E-state index in [1.54, 1.807) is 0 Å². The van der Waals surface area contributed by atoms with Crippen LogP contribution >= 0.6 is 0 Å². The fourth-order valence-corrected chi connectivity index (χ4v) is 1.85. The minimum absolute atomic E-state index is 0.370. The summed E-state index contributed by atoms with van der Waals surface area (Å²) in [5.74, 6) is -20.7. The van der Waals surface area contributed by atoms with Gasteiger partial charge in [0, 0.05) is 0 Å². The van der Waals surface area contributed by atoms with Crippen molar-refractivity contribution in [3.8, 4) is 5.75 Å². The number of benzene rings is 1. The van der Waals surface area contributed by atoms with Crippen LogP contribution < -0.4 is 4.74 Å². The third-order valence-corrected chi connectivity index (χ3v) is 3.30. The molecule has 4 nitrogen and oxygen atoms in total. The van der Waals surface area contributed by atoms with Crippen molar-refractivity contribution < 1.29 is 58.9 Å². The van der Waals surface area contributed by atoms with E-state index in [2.05, 4.69) is 4.74 Å². The van der Waals surface area contributed by atoms with Crippen LogP contribution in [0.2, 0.25) is 0 Å². The van der Waals surface area contributed by atoms with Crippen LogP contribution in [0.4, 0.5) is 44.3 Å². The molecule has 0 spiro atoms. The highest BCUT2D eigenvalue weighted by Gasteiger charge is 2.83. The highest BCUT2D eigenvalue weighted by molar-refractivity contribution is 5.64. The molecule has 1 atom stereocenters. The fraction of sp³-hybridized carbons (Fsp3) is 0.562. The van der Waals surface area contributed by atoms with Crippen molar-refractivity contribution in [1.82, 2.24) is 0 Å². The zero-order valence-electron chi connectivity index (χ0n) is 15.0. The summed E-state index contributed by atoms with van der Waals surface area (Å²) < 4.78 is 126. The number of carbonyl (C=O) groups excluding carboxylic acids is 1. The van der Waals surface area contributed by atoms with E-state index in [0.717, 1.165) is 0 Å². The zero-order valence-corrected chi connectivity index (χ0v) is 15.0. The molecule has 0 heterocycles. The summed E-state index contributed by atoms with van der Waals surface area (Å²) in [7, 11) is 0. The van der Waals surface area contributed by atoms with Crippen LogP contribution in [-0.2, 0) is 4.74 Å². The van der Waals surface area contributed by atoms with Crippen LogP contribution in [0.3, 0.4) is 0 Å². The molecule has 1 N–H and O–H groups in total. The number of carbonyl (C=O) groups is 1. The van der Waals surface area contributed by atoms with Gasteiger partial charge in [0.15, 0.2) is 0 Å². The Bertz CT molecular complexity index is 721. The lowest BCUT2D eigenvalue weighted by Crippen LogP contribution is -2.62. The quantitative estimate of drug-likeness (QED) is 0.372. The molecule has 29 heavy (non-hydrogen) atoms. The van der Waals surface area contributed by atoms with Crippen LogP contribution in [0.1, 0.15) is 32.4 Å². The van der Waals surface area contributed by atoms with Crippen molar-refractivity contribution in [3.05, 3.63) is 29.8 Å². The van der Waals surface area contributed by atoms with E-state index in [1.807, 2.05) is 0 Å². The summed E-state index contributed by atoms with van der Waals surface area (Å²) in [5, 5.41) is 9.38. The molecule has 0 aliphatic carbocycles. The Morgan fingerprint density at radius 3 is 1.69 bits per heavy atom. The maximum atomic E-state index is 13.7. The Morgan fingerprint density at radius 2 is 1.31 bits per heavy atom. The van der Waals surface area contributed by atoms with E-state index in [9.17, 15) is 49.4 Å². The molecule has 1 unspecified atom stereocenters. The molecule has 0 radical (unpaired) electrons. The molecule has 0 saturated carbocycles. The fourth-order valence-electron chi connectivity index (χ4n) is 1.85. The molecule has 0 aliphatic rings. The summed E-state index contributed by atoms with van der Waals surface area (Å²) in [4.78, 5) is 11.4. The van der Waals surface area contributed by atoms with Crippen molar-refractivity contribution in [2.75, 3.05) is 0 Å². The first-order valence-electron chi connectivity index (χ1n) is 7.63. The van der Waals surface area contributed by atoms with Crippen molar-refractivity contribution in [1.29, 1.82) is 0 Å². The number of alkyl halides is 9. The second kappa shape index (κ2) is 7.58. The minimum Gasteiger partial charge on any atom is -0.428 e. The SMILES string of the molecule is CC(C)(C)OC(=O)Oc1ccc(C(O)C(F)(F)C(F)(F)C(F)(F)C(F)(F)F)cc1. The zero-order chi connectivity index (χ0) is 23.1. The maximum Gasteiger partial charge on any atom is 0.514 e. The largest absolute Gasteiger partial charge is 0.514 e. The Hall–Kier alpha value is -2.18. The van der Waals surface area contributed by atoms with E-state index in [1.165, 1.54) is 20.8 Å². The Morgan fingerprint density at radius 1 is 0.862 bits per heavy atom. The average molecular weight is 442 g/mol. The predicted octanol–water partition coefficient (Wildman–Crippen LogP) is 5.50. The van der Waals surface area contributed by atoms with E-state index < -0.39 is 47.4 Å². The van der Waals surface area contributed by atoms with E-state index in [4.69, 9.17) is 4.74 Å². The summed E-state index contributed by atoms with van der Waals surface area (Å²) >= 11 is 0. The van der Waals surface area contributed by atoms with Crippen LogP contribution in [0, 0.1) is 0 Å². The molecular formula is C16H15F9O4. The lowest BCUT2D eigenvalue weighted by Gasteiger charge is -2.35. The van der Waals surface area contributed by atoms with Crippen molar-refractivity contribution in [3.63, 3.8) is 0 Å². The van der Waals surface area contributed by atoms with Gasteiger partial charge in [-0.3, -0.25) is 0 Å². The predicted molar refractivity (Wildman–Crippen MR) is 79.2 cm³/mol. The standard InChI is InChI=1S/C16H15F9O4/c1-12(2,3)29-11(27)28-9-6-4-8(5-7-9)10(26)13(17,18)14(19,20)15(21,22)16(23,24)25/h4-7,10,26H,1-3H3. The number of hydrogen-bond acceptors (Lipinski definition) is 4. The average Bonchev–Trinajstić information content (AvgIpc) is 2.51. The van der Waals surface area contributed by atoms with Gasteiger partial charge in [-0.1, -0.05) is 12.1 Å². The smallest absolute Gasteiger partial charge is 0.428 e. The number of aliphatic hydroxyl groups excluding tert-OH is 1. The summed E-state index contributed by atoms with van der Waals surface area (Å²) in [6.45, 7) is 4.48. The monoisotopic (exact) mass is 442 g/mol. The van der Waals surface area contributed by atoms with Gasteiger partial charge in [-0.25, -0.2) is 4.79 Å². The van der Waals surface area contributed by atoms with Crippen LogP contribution in [0.15, 0.2) is 24.3 Å². The molecule has 0 fully saturated rings. The topological polar surface area (TPSA) is 55.8 Å². The molecule has 1 aromatic carbocycles. The highest BCUT2D eigenvalue weighted by Crippen LogP contribution is 2.56. The number of rotatable bonds is 5. The van der Waals surface area contributed by atoms with E-state index in [-0.39, 0.29) is 5.75 Å². The number of halogens is 9. The number of aliphatic hydroxyl groups is 1. The molecule has 13 heteroatoms. The third kappa shape index (κ3) is 5.06. The molecule has 1 aromatic rings. The number of ether oxygens (including phenoxy) is 2. The summed E-state index contributed by atoms with van der Waals surface area (Å²) in [6, 6.07) is 2.36. The van der Waals surface area contributed by atoms with Gasteiger partial charge < -0.3 is 14.6 Å². The van der Waals surface area contributed by atoms with Gasteiger partial charge in [-0.05, 0) is 38.5 Å². The van der Waals surface area contributed by atoms with Crippen molar-refractivity contribution in [2.45, 2.75) is 56.4 Å². The molecule has 1 rings (SSSR count). The van der Waals surface area contributed by atoms with Gasteiger partial charge in [0.05, 0.1) is 0 Å². The third-order valence-electron chi connectivity index (χ3n) is 3.30. The molecule has 0 amide bonds. The Balaban J connectivity index is 3.08. The van der Waals surface area contributed by atoms with Gasteiger partial charge in [-0.15, -0.1) is 0 Å². The van der Waals surface area contributed by atoms with Crippen LogP contribution in [0.25, 0.3) is 0 Å². The Labute approximate surface area is 158 Å². The maximum absolute atomic E-state index is 13.7. The van der Waals surface area contributed by atoms with Crippen LogP contribution in [0.5, 0.6) is 5.75 Å². The van der Waals surface area contributed by atoms with Crippen molar-refractivity contribution >= 4 is 6.16 Å². The van der Waals surface area contributed by atoms with E-state index in [0.29, 0.717) is 24.3 Å². The summed E-state index contributed by atoms with van der Waals surface area (Å²) in [5.41, 5.74) is -2.09. The normalized spacial score (nSPS) is 15.1. The lowest BCUT2D eigenvalue weighted by atomic mass is 9.94. The van der Waals surface area contributed by atoms with Gasteiger partial charge >= 0.3 is 30.1 Å². The first kappa shape index (κ1) is 24.9. The van der Waals surface area contributed by atoms with Crippen LogP contribution in [-0.4, -0.2) is 40.8 Å². The second-order valence-electron chi connectivity index (χ2n) is 6.81. The lowest BCUT2D eigenvalue weighted by molar-refractivity contribution is -0.406. The molecule has 166 valence electrons. The summed E-state index contributed by atoms with van der Waals surface area (Å²) in [6.07, 6.45) is -12.0. The van der Waals surface area contributed by atoms with E-state index >= 15 is 0 Å². The molecule has 0 bridgehead atoms. The number of hydrogen-bond donors (Lipinski definition) is 1. The Kier molecular flexibility index (Phi) is 6.49. The van der Waals surface area contributed by atoms with Crippen molar-refractivity contribution in [2.24, 2.45) is 0 Å². The highest BCUT2D eigenvalue weighted by atomic mass is 19.4. The molecule has 0 aliphatic heterocycles. The molecule has 0 saturated heterocycles. The molecular weight excluding hydrogens is 427 g/mol.